The summed E-state index contributed by atoms with van der Waals surface area (Å²) in [5, 5.41) is 20.2. The maximum absolute atomic E-state index is 13.8. The predicted octanol–water partition coefficient (Wildman–Crippen LogP) is 5.44. The van der Waals surface area contributed by atoms with Gasteiger partial charge in [-0.25, -0.2) is 4.39 Å². The van der Waals surface area contributed by atoms with Crippen molar-refractivity contribution in [2.24, 2.45) is 0 Å². The Morgan fingerprint density at radius 3 is 2.61 bits per heavy atom. The van der Waals surface area contributed by atoms with Gasteiger partial charge >= 0.3 is 0 Å². The van der Waals surface area contributed by atoms with Crippen LogP contribution < -0.4 is 0 Å². The first-order valence-corrected chi connectivity index (χ1v) is 8.23. The molecule has 0 radical (unpaired) electrons. The standard InChI is InChI=1S/C20H10ClFN2O4/c21-17-10-13(24(26)27)5-7-15(17)19-8-6-14(28-19)9-12(11-23)20(25)16-3-1-2-4-18(16)22/h1-10H/b12-9+. The van der Waals surface area contributed by atoms with Crippen LogP contribution in [0.2, 0.25) is 5.02 Å². The van der Waals surface area contributed by atoms with Gasteiger partial charge in [0.25, 0.3) is 5.69 Å². The van der Waals surface area contributed by atoms with Crippen molar-refractivity contribution in [2.75, 3.05) is 0 Å². The van der Waals surface area contributed by atoms with Gasteiger partial charge in [0, 0.05) is 23.8 Å². The van der Waals surface area contributed by atoms with Gasteiger partial charge in [-0.15, -0.1) is 0 Å². The summed E-state index contributed by atoms with van der Waals surface area (Å²) >= 11 is 6.07. The molecule has 0 atom stereocenters. The number of nitro benzene ring substituents is 1. The molecule has 28 heavy (non-hydrogen) atoms. The minimum Gasteiger partial charge on any atom is -0.457 e. The second-order valence-corrected chi connectivity index (χ2v) is 6.01. The molecule has 138 valence electrons. The Labute approximate surface area is 163 Å². The van der Waals surface area contributed by atoms with Crippen LogP contribution in [0.15, 0.2) is 64.6 Å². The molecule has 0 fully saturated rings. The third-order valence-electron chi connectivity index (χ3n) is 3.83. The number of benzene rings is 2. The van der Waals surface area contributed by atoms with Gasteiger partial charge < -0.3 is 4.42 Å². The van der Waals surface area contributed by atoms with Gasteiger partial charge in [0.05, 0.1) is 15.5 Å². The van der Waals surface area contributed by atoms with Gasteiger partial charge in [0.15, 0.2) is 0 Å². The molecule has 0 saturated carbocycles. The number of rotatable bonds is 5. The summed E-state index contributed by atoms with van der Waals surface area (Å²) in [4.78, 5) is 22.6. The van der Waals surface area contributed by atoms with Gasteiger partial charge in [-0.3, -0.25) is 14.9 Å². The average molecular weight is 397 g/mol. The third-order valence-corrected chi connectivity index (χ3v) is 4.14. The van der Waals surface area contributed by atoms with Gasteiger partial charge in [-0.1, -0.05) is 23.7 Å². The number of Topliss-reactive ketones (excluding diaryl/α,β-unsaturated/α-hetero) is 1. The number of carbonyl (C=O) groups excluding carboxylic acids is 1. The van der Waals surface area contributed by atoms with Crippen molar-refractivity contribution in [3.8, 4) is 17.4 Å². The van der Waals surface area contributed by atoms with Crippen LogP contribution in [0, 0.1) is 27.3 Å². The molecular formula is C20H10ClFN2O4. The van der Waals surface area contributed by atoms with Crippen LogP contribution in [-0.2, 0) is 0 Å². The molecule has 3 aromatic rings. The Morgan fingerprint density at radius 2 is 1.96 bits per heavy atom. The molecule has 0 aliphatic rings. The smallest absolute Gasteiger partial charge is 0.270 e. The molecule has 0 bridgehead atoms. The summed E-state index contributed by atoms with van der Waals surface area (Å²) in [6.07, 6.45) is 1.19. The van der Waals surface area contributed by atoms with E-state index >= 15 is 0 Å². The van der Waals surface area contributed by atoms with Crippen molar-refractivity contribution in [1.29, 1.82) is 5.26 Å². The Morgan fingerprint density at radius 1 is 1.21 bits per heavy atom. The van der Waals surface area contributed by atoms with E-state index in [-0.39, 0.29) is 27.6 Å². The maximum atomic E-state index is 13.8. The summed E-state index contributed by atoms with van der Waals surface area (Å²) in [6, 6.07) is 14.0. The van der Waals surface area contributed by atoms with E-state index in [0.29, 0.717) is 11.3 Å². The quantitative estimate of drug-likeness (QED) is 0.188. The number of halogens is 2. The molecule has 0 amide bonds. The maximum Gasteiger partial charge on any atom is 0.270 e. The van der Waals surface area contributed by atoms with Gasteiger partial charge in [0.1, 0.15) is 29.0 Å². The van der Waals surface area contributed by atoms with Crippen LogP contribution >= 0.6 is 11.6 Å². The van der Waals surface area contributed by atoms with Crippen LogP contribution in [0.1, 0.15) is 16.1 Å². The summed E-state index contributed by atoms with van der Waals surface area (Å²) in [6.45, 7) is 0. The van der Waals surface area contributed by atoms with E-state index in [1.54, 1.807) is 12.1 Å². The average Bonchev–Trinajstić information content (AvgIpc) is 3.14. The van der Waals surface area contributed by atoms with Crippen LogP contribution in [0.4, 0.5) is 10.1 Å². The summed E-state index contributed by atoms with van der Waals surface area (Å²) < 4.78 is 19.4. The number of nitriles is 1. The lowest BCUT2D eigenvalue weighted by Gasteiger charge is -2.01. The topological polar surface area (TPSA) is 97.1 Å². The number of nitro groups is 1. The SMILES string of the molecule is N#C/C(=C\c1ccc(-c2ccc([N+](=O)[O-])cc2Cl)o1)C(=O)c1ccccc1F. The lowest BCUT2D eigenvalue weighted by molar-refractivity contribution is -0.384. The van der Waals surface area contributed by atoms with Gasteiger partial charge in [0.2, 0.25) is 5.78 Å². The molecule has 0 unspecified atom stereocenters. The third kappa shape index (κ3) is 3.82. The van der Waals surface area contributed by atoms with Crippen LogP contribution in [0.3, 0.4) is 0 Å². The van der Waals surface area contributed by atoms with Gasteiger partial charge in [-0.2, -0.15) is 5.26 Å². The number of ketones is 1. The monoisotopic (exact) mass is 396 g/mol. The molecule has 1 heterocycles. The molecule has 3 rings (SSSR count). The number of hydrogen-bond donors (Lipinski definition) is 0. The van der Waals surface area contributed by atoms with Crippen molar-refractivity contribution in [1.82, 2.24) is 0 Å². The minimum atomic E-state index is -0.771. The van der Waals surface area contributed by atoms with E-state index < -0.39 is 16.5 Å². The molecule has 0 spiro atoms. The van der Waals surface area contributed by atoms with Crippen molar-refractivity contribution in [3.05, 3.63) is 92.4 Å². The lowest BCUT2D eigenvalue weighted by atomic mass is 10.0. The lowest BCUT2D eigenvalue weighted by Crippen LogP contribution is -2.04. The highest BCUT2D eigenvalue weighted by molar-refractivity contribution is 6.33. The zero-order chi connectivity index (χ0) is 20.3. The first-order chi connectivity index (χ1) is 13.4. The Bertz CT molecular complexity index is 1160. The van der Waals surface area contributed by atoms with Crippen LogP contribution in [0.25, 0.3) is 17.4 Å². The van der Waals surface area contributed by atoms with E-state index in [0.717, 1.165) is 6.07 Å². The van der Waals surface area contributed by atoms with Gasteiger partial charge in [-0.05, 0) is 30.3 Å². The van der Waals surface area contributed by atoms with E-state index in [1.807, 2.05) is 0 Å². The van der Waals surface area contributed by atoms with Crippen molar-refractivity contribution >= 4 is 29.1 Å². The highest BCUT2D eigenvalue weighted by Crippen LogP contribution is 2.32. The molecule has 0 aliphatic heterocycles. The number of hydrogen-bond acceptors (Lipinski definition) is 5. The fourth-order valence-electron chi connectivity index (χ4n) is 2.47. The zero-order valence-corrected chi connectivity index (χ0v) is 14.8. The Kier molecular flexibility index (Phi) is 5.34. The second kappa shape index (κ2) is 7.86. The van der Waals surface area contributed by atoms with E-state index in [4.69, 9.17) is 16.0 Å². The molecule has 0 aliphatic carbocycles. The largest absolute Gasteiger partial charge is 0.457 e. The predicted molar refractivity (Wildman–Crippen MR) is 100 cm³/mol. The zero-order valence-electron chi connectivity index (χ0n) is 14.1. The number of non-ortho nitro benzene ring substituents is 1. The first-order valence-electron chi connectivity index (χ1n) is 7.86. The minimum absolute atomic E-state index is 0.113. The number of furan rings is 1. The van der Waals surface area contributed by atoms with E-state index in [2.05, 4.69) is 0 Å². The number of allylic oxidation sites excluding steroid dienone is 1. The molecule has 8 heteroatoms. The molecule has 6 nitrogen and oxygen atoms in total. The summed E-state index contributed by atoms with van der Waals surface area (Å²) in [5.41, 5.74) is -0.283. The molecule has 0 N–H and O–H groups in total. The number of carbonyl (C=O) groups is 1. The van der Waals surface area contributed by atoms with Crippen molar-refractivity contribution < 1.29 is 18.5 Å². The summed E-state index contributed by atoms with van der Waals surface area (Å²) in [7, 11) is 0. The molecule has 2 aromatic carbocycles. The molecule has 1 aromatic heterocycles. The fourth-order valence-corrected chi connectivity index (χ4v) is 2.74. The number of nitrogens with zero attached hydrogens (tertiary/aromatic N) is 2. The molecule has 0 saturated heterocycles. The second-order valence-electron chi connectivity index (χ2n) is 5.60. The van der Waals surface area contributed by atoms with E-state index in [1.165, 1.54) is 48.5 Å². The van der Waals surface area contributed by atoms with Crippen LogP contribution in [-0.4, -0.2) is 10.7 Å². The van der Waals surface area contributed by atoms with Crippen LogP contribution in [0.5, 0.6) is 0 Å². The Hall–Kier alpha value is -3.76. The highest BCUT2D eigenvalue weighted by atomic mass is 35.5. The fraction of sp³-hybridized carbons (Fsp3) is 0. The molecular weight excluding hydrogens is 387 g/mol. The first kappa shape index (κ1) is 19.0. The Balaban J connectivity index is 1.93. The highest BCUT2D eigenvalue weighted by Gasteiger charge is 2.17. The van der Waals surface area contributed by atoms with Crippen molar-refractivity contribution in [2.45, 2.75) is 0 Å². The van der Waals surface area contributed by atoms with E-state index in [9.17, 15) is 24.6 Å². The normalized spacial score (nSPS) is 11.1. The van der Waals surface area contributed by atoms with Crippen molar-refractivity contribution in [3.63, 3.8) is 0 Å². The summed E-state index contributed by atoms with van der Waals surface area (Å²) in [5.74, 6) is -1.04.